The Bertz CT molecular complexity index is 1340. The number of pyridine rings is 1. The van der Waals surface area contributed by atoms with Crippen LogP contribution in [0.15, 0.2) is 70.3 Å². The molecule has 0 unspecified atom stereocenters. The molecule has 5 rings (SSSR count). The van der Waals surface area contributed by atoms with E-state index in [4.69, 9.17) is 16.0 Å². The first-order valence-corrected chi connectivity index (χ1v) is 8.61. The summed E-state index contributed by atoms with van der Waals surface area (Å²) < 4.78 is 8.46. The molecular weight excluding hydrogens is 366 g/mol. The zero-order chi connectivity index (χ0) is 18.4. The van der Waals surface area contributed by atoms with Crippen LogP contribution in [0.25, 0.3) is 28.1 Å². The average Bonchev–Trinajstić information content (AvgIpc) is 3.33. The lowest BCUT2D eigenvalue weighted by atomic mass is 10.2. The van der Waals surface area contributed by atoms with Gasteiger partial charge in [-0.3, -0.25) is 4.79 Å². The molecule has 0 aliphatic carbocycles. The fraction of sp³-hybridized carbons (Fsp3) is 0.0526. The van der Waals surface area contributed by atoms with Gasteiger partial charge in [-0.25, -0.2) is 4.98 Å². The smallest absolute Gasteiger partial charge is 0.261 e. The molecule has 0 fully saturated rings. The van der Waals surface area contributed by atoms with E-state index in [1.54, 1.807) is 33.7 Å². The second kappa shape index (κ2) is 6.07. The monoisotopic (exact) mass is 377 g/mol. The second-order valence-electron chi connectivity index (χ2n) is 6.01. The summed E-state index contributed by atoms with van der Waals surface area (Å²) in [5.74, 6) is 1.56. The van der Waals surface area contributed by atoms with E-state index in [9.17, 15) is 4.79 Å². The number of hydrogen-bond acceptors (Lipinski definition) is 5. The second-order valence-corrected chi connectivity index (χ2v) is 6.42. The molecule has 4 heterocycles. The highest BCUT2D eigenvalue weighted by Crippen LogP contribution is 2.25. The molecule has 0 radical (unpaired) electrons. The summed E-state index contributed by atoms with van der Waals surface area (Å²) in [6.45, 7) is 0.349. The van der Waals surface area contributed by atoms with E-state index in [1.165, 1.54) is 6.20 Å². The maximum atomic E-state index is 12.8. The summed E-state index contributed by atoms with van der Waals surface area (Å²) in [7, 11) is 0. The average molecular weight is 378 g/mol. The number of nitrogens with zero attached hydrogens (tertiary/aromatic N) is 5. The van der Waals surface area contributed by atoms with E-state index >= 15 is 0 Å². The number of furan rings is 1. The molecule has 4 aromatic heterocycles. The molecule has 0 bridgehead atoms. The van der Waals surface area contributed by atoms with Gasteiger partial charge in [0.15, 0.2) is 5.82 Å². The summed E-state index contributed by atoms with van der Waals surface area (Å²) in [4.78, 5) is 21.6. The van der Waals surface area contributed by atoms with Crippen molar-refractivity contribution in [3.63, 3.8) is 0 Å². The van der Waals surface area contributed by atoms with Gasteiger partial charge in [0.05, 0.1) is 28.7 Å². The molecule has 27 heavy (non-hydrogen) atoms. The molecule has 5 aromatic rings. The lowest BCUT2D eigenvalue weighted by Crippen LogP contribution is -2.20. The summed E-state index contributed by atoms with van der Waals surface area (Å²) >= 11 is 6.25. The van der Waals surface area contributed by atoms with E-state index in [0.29, 0.717) is 45.4 Å². The Hall–Kier alpha value is -3.45. The SMILES string of the molecule is O=c1c2cnc3nc(-c4ccccc4Cl)nn3c2ccn1Cc1ccco1. The Balaban J connectivity index is 1.68. The number of fused-ring (bicyclic) bond motifs is 3. The van der Waals surface area contributed by atoms with Gasteiger partial charge in [0, 0.05) is 18.0 Å². The molecule has 0 spiro atoms. The van der Waals surface area contributed by atoms with Crippen LogP contribution in [0, 0.1) is 0 Å². The van der Waals surface area contributed by atoms with Crippen molar-refractivity contribution in [2.75, 3.05) is 0 Å². The van der Waals surface area contributed by atoms with Crippen molar-refractivity contribution in [1.29, 1.82) is 0 Å². The molecule has 1 aromatic carbocycles. The molecule has 0 amide bonds. The maximum absolute atomic E-state index is 12.8. The molecule has 0 aliphatic rings. The van der Waals surface area contributed by atoms with Crippen LogP contribution in [0.5, 0.6) is 0 Å². The zero-order valence-electron chi connectivity index (χ0n) is 13.9. The molecule has 0 saturated carbocycles. The van der Waals surface area contributed by atoms with Crippen LogP contribution in [-0.2, 0) is 6.54 Å². The minimum atomic E-state index is -0.173. The quantitative estimate of drug-likeness (QED) is 0.481. The van der Waals surface area contributed by atoms with E-state index in [-0.39, 0.29) is 5.56 Å². The predicted molar refractivity (Wildman–Crippen MR) is 101 cm³/mol. The van der Waals surface area contributed by atoms with E-state index in [1.807, 2.05) is 30.3 Å². The predicted octanol–water partition coefficient (Wildman–Crippen LogP) is 3.40. The number of hydrogen-bond donors (Lipinski definition) is 0. The third kappa shape index (κ3) is 2.60. The molecule has 0 aliphatic heterocycles. The van der Waals surface area contributed by atoms with Gasteiger partial charge in [0.2, 0.25) is 0 Å². The topological polar surface area (TPSA) is 78.2 Å². The van der Waals surface area contributed by atoms with Gasteiger partial charge in [0.1, 0.15) is 5.76 Å². The Morgan fingerprint density at radius 3 is 2.81 bits per heavy atom. The molecule has 0 N–H and O–H groups in total. The van der Waals surface area contributed by atoms with Gasteiger partial charge in [-0.15, -0.1) is 5.10 Å². The molecule has 0 atom stereocenters. The molecule has 0 saturated heterocycles. The number of halogens is 1. The van der Waals surface area contributed by atoms with E-state index in [2.05, 4.69) is 15.1 Å². The van der Waals surface area contributed by atoms with Gasteiger partial charge < -0.3 is 8.98 Å². The van der Waals surface area contributed by atoms with Crippen molar-refractivity contribution in [2.45, 2.75) is 6.54 Å². The van der Waals surface area contributed by atoms with Gasteiger partial charge in [-0.05, 0) is 30.3 Å². The van der Waals surface area contributed by atoms with Crippen LogP contribution in [0.4, 0.5) is 0 Å². The van der Waals surface area contributed by atoms with E-state index in [0.717, 1.165) is 0 Å². The van der Waals surface area contributed by atoms with Crippen LogP contribution in [-0.4, -0.2) is 24.1 Å². The van der Waals surface area contributed by atoms with Crippen LogP contribution in [0.3, 0.4) is 0 Å². The van der Waals surface area contributed by atoms with Crippen molar-refractivity contribution in [3.8, 4) is 11.4 Å². The van der Waals surface area contributed by atoms with Crippen LogP contribution < -0.4 is 5.56 Å². The lowest BCUT2D eigenvalue weighted by molar-refractivity contribution is 0.490. The first-order valence-electron chi connectivity index (χ1n) is 8.23. The van der Waals surface area contributed by atoms with Gasteiger partial charge in [-0.2, -0.15) is 9.50 Å². The third-order valence-electron chi connectivity index (χ3n) is 4.33. The highest BCUT2D eigenvalue weighted by molar-refractivity contribution is 6.33. The number of rotatable bonds is 3. The zero-order valence-corrected chi connectivity index (χ0v) is 14.7. The lowest BCUT2D eigenvalue weighted by Gasteiger charge is -2.05. The highest BCUT2D eigenvalue weighted by Gasteiger charge is 2.14. The Labute approximate surface area is 157 Å². The minimum Gasteiger partial charge on any atom is -0.467 e. The Morgan fingerprint density at radius 2 is 2.00 bits per heavy atom. The fourth-order valence-corrected chi connectivity index (χ4v) is 3.23. The summed E-state index contributed by atoms with van der Waals surface area (Å²) in [5.41, 5.74) is 1.17. The fourth-order valence-electron chi connectivity index (χ4n) is 3.01. The van der Waals surface area contributed by atoms with E-state index < -0.39 is 0 Å². The van der Waals surface area contributed by atoms with Gasteiger partial charge >= 0.3 is 0 Å². The minimum absolute atomic E-state index is 0.173. The van der Waals surface area contributed by atoms with Gasteiger partial charge in [-0.1, -0.05) is 23.7 Å². The van der Waals surface area contributed by atoms with Crippen LogP contribution in [0.2, 0.25) is 5.02 Å². The highest BCUT2D eigenvalue weighted by atomic mass is 35.5. The molecule has 132 valence electrons. The van der Waals surface area contributed by atoms with Crippen molar-refractivity contribution in [2.24, 2.45) is 0 Å². The molecule has 8 heteroatoms. The summed E-state index contributed by atoms with van der Waals surface area (Å²) in [6.07, 6.45) is 4.82. The Kier molecular flexibility index (Phi) is 3.54. The summed E-state index contributed by atoms with van der Waals surface area (Å²) in [6, 6.07) is 12.8. The first kappa shape index (κ1) is 15.8. The van der Waals surface area contributed by atoms with Crippen molar-refractivity contribution in [3.05, 3.63) is 82.3 Å². The van der Waals surface area contributed by atoms with Crippen LogP contribution in [0.1, 0.15) is 5.76 Å². The third-order valence-corrected chi connectivity index (χ3v) is 4.66. The normalized spacial score (nSPS) is 11.4. The number of benzene rings is 1. The van der Waals surface area contributed by atoms with Crippen LogP contribution >= 0.6 is 11.6 Å². The van der Waals surface area contributed by atoms with Gasteiger partial charge in [0.25, 0.3) is 11.3 Å². The summed E-state index contributed by atoms with van der Waals surface area (Å²) in [5, 5.41) is 5.52. The standard InChI is InChI=1S/C19H12ClN5O2/c20-15-6-2-1-5-13(15)17-22-19-21-10-14-16(25(19)23-17)7-8-24(18(14)26)11-12-4-3-9-27-12/h1-10H,11H2. The largest absolute Gasteiger partial charge is 0.467 e. The first-order chi connectivity index (χ1) is 13.2. The Morgan fingerprint density at radius 1 is 1.11 bits per heavy atom. The maximum Gasteiger partial charge on any atom is 0.261 e. The van der Waals surface area contributed by atoms with Crippen molar-refractivity contribution >= 4 is 28.3 Å². The molecular formula is C19H12ClN5O2. The number of aromatic nitrogens is 5. The van der Waals surface area contributed by atoms with Crippen molar-refractivity contribution in [1.82, 2.24) is 24.1 Å². The molecule has 7 nitrogen and oxygen atoms in total. The van der Waals surface area contributed by atoms with Crippen molar-refractivity contribution < 1.29 is 4.42 Å².